The fraction of sp³-hybridized carbons (Fsp3) is 0.909. The van der Waals surface area contributed by atoms with Gasteiger partial charge in [-0.1, -0.05) is 24.0 Å². The first kappa shape index (κ1) is 12.6. The van der Waals surface area contributed by atoms with Gasteiger partial charge in [-0.15, -0.1) is 0 Å². The summed E-state index contributed by atoms with van der Waals surface area (Å²) in [6, 6.07) is 0. The van der Waals surface area contributed by atoms with Crippen molar-refractivity contribution in [2.75, 3.05) is 51.7 Å². The Morgan fingerprint density at radius 1 is 1.25 bits per heavy atom. The molecule has 2 fully saturated rings. The van der Waals surface area contributed by atoms with Gasteiger partial charge in [0.1, 0.15) is 17.4 Å². The highest BCUT2D eigenvalue weighted by Gasteiger charge is 2.17. The molecule has 16 heavy (non-hydrogen) atoms. The monoisotopic (exact) mass is 261 g/mol. The highest BCUT2D eigenvalue weighted by Crippen LogP contribution is 2.15. The van der Waals surface area contributed by atoms with Crippen LogP contribution in [0.25, 0.3) is 0 Å². The minimum Gasteiger partial charge on any atom is -0.370 e. The van der Waals surface area contributed by atoms with Crippen LogP contribution in [-0.4, -0.2) is 60.9 Å². The van der Waals surface area contributed by atoms with Crippen LogP contribution >= 0.6 is 24.0 Å². The van der Waals surface area contributed by atoms with Crippen LogP contribution < -0.4 is 4.90 Å². The van der Waals surface area contributed by atoms with E-state index in [1.165, 1.54) is 32.5 Å². The van der Waals surface area contributed by atoms with Gasteiger partial charge in [0.2, 0.25) is 0 Å². The molecule has 92 valence electrons. The second-order valence-electron chi connectivity index (χ2n) is 4.42. The Bertz CT molecular complexity index is 226. The van der Waals surface area contributed by atoms with Crippen LogP contribution in [0.1, 0.15) is 12.8 Å². The van der Waals surface area contributed by atoms with Crippen molar-refractivity contribution in [2.45, 2.75) is 12.8 Å². The van der Waals surface area contributed by atoms with Gasteiger partial charge in [-0.2, -0.15) is 0 Å². The molecule has 2 aliphatic heterocycles. The highest BCUT2D eigenvalue weighted by atomic mass is 32.2. The van der Waals surface area contributed by atoms with E-state index in [9.17, 15) is 0 Å². The number of nitrogens with zero attached hydrogens (tertiary/aromatic N) is 1. The normalized spacial score (nSPS) is 22.6. The Hall–Kier alpha value is 0.160. The Kier molecular flexibility index (Phi) is 5.35. The molecule has 1 N–H and O–H groups in total. The molecule has 0 unspecified atom stereocenters. The van der Waals surface area contributed by atoms with Crippen LogP contribution in [0.4, 0.5) is 0 Å². The quantitative estimate of drug-likeness (QED) is 0.721. The lowest BCUT2D eigenvalue weighted by molar-refractivity contribution is -0.905. The summed E-state index contributed by atoms with van der Waals surface area (Å²) in [4.78, 5) is 4.03. The van der Waals surface area contributed by atoms with Crippen molar-refractivity contribution in [3.05, 3.63) is 0 Å². The van der Waals surface area contributed by atoms with Crippen LogP contribution in [0.3, 0.4) is 0 Å². The summed E-state index contributed by atoms with van der Waals surface area (Å²) in [7, 11) is 0. The number of ether oxygens (including phenoxy) is 1. The average Bonchev–Trinajstić information content (AvgIpc) is 2.84. The first-order valence-electron chi connectivity index (χ1n) is 6.19. The van der Waals surface area contributed by atoms with Crippen molar-refractivity contribution >= 4 is 28.3 Å². The molecule has 5 heteroatoms. The number of thiocarbonyl (C=S) groups is 1. The molecule has 0 amide bonds. The molecule has 0 aromatic carbocycles. The molecule has 0 atom stereocenters. The molecule has 0 saturated carbocycles. The van der Waals surface area contributed by atoms with Gasteiger partial charge in [0, 0.05) is 18.8 Å². The van der Waals surface area contributed by atoms with E-state index in [1.54, 1.807) is 4.90 Å². The third-order valence-corrected chi connectivity index (χ3v) is 4.77. The number of nitrogens with one attached hydrogen (secondary N) is 1. The van der Waals surface area contributed by atoms with Crippen LogP contribution in [-0.2, 0) is 4.74 Å². The summed E-state index contributed by atoms with van der Waals surface area (Å²) >= 11 is 7.30. The zero-order chi connectivity index (χ0) is 11.2. The lowest BCUT2D eigenvalue weighted by atomic mass is 10.4. The second-order valence-corrected chi connectivity index (χ2v) is 6.15. The van der Waals surface area contributed by atoms with Crippen LogP contribution in [0.5, 0.6) is 0 Å². The smallest absolute Gasteiger partial charge is 0.136 e. The van der Waals surface area contributed by atoms with Gasteiger partial charge in [-0.25, -0.2) is 0 Å². The Morgan fingerprint density at radius 3 is 2.62 bits per heavy atom. The second kappa shape index (κ2) is 6.79. The van der Waals surface area contributed by atoms with Crippen LogP contribution in [0, 0.1) is 0 Å². The fourth-order valence-electron chi connectivity index (χ4n) is 2.18. The van der Waals surface area contributed by atoms with Crippen molar-refractivity contribution in [3.8, 4) is 0 Å². The summed E-state index contributed by atoms with van der Waals surface area (Å²) in [5.41, 5.74) is 0. The molecule has 0 aromatic rings. The zero-order valence-corrected chi connectivity index (χ0v) is 11.4. The highest BCUT2D eigenvalue weighted by molar-refractivity contribution is 8.22. The average molecular weight is 261 g/mol. The summed E-state index contributed by atoms with van der Waals surface area (Å²) in [6.45, 7) is 7.76. The topological polar surface area (TPSA) is 16.9 Å². The van der Waals surface area contributed by atoms with E-state index in [-0.39, 0.29) is 0 Å². The van der Waals surface area contributed by atoms with Gasteiger partial charge < -0.3 is 14.5 Å². The van der Waals surface area contributed by atoms with Gasteiger partial charge in [-0.05, 0) is 12.8 Å². The van der Waals surface area contributed by atoms with E-state index in [4.69, 9.17) is 17.0 Å². The first-order valence-corrected chi connectivity index (χ1v) is 7.58. The van der Waals surface area contributed by atoms with E-state index in [0.717, 1.165) is 36.4 Å². The molecule has 2 aliphatic rings. The first-order chi connectivity index (χ1) is 7.86. The number of hydrogen-bond donors (Lipinski definition) is 1. The molecule has 0 radical (unpaired) electrons. The van der Waals surface area contributed by atoms with Gasteiger partial charge in [0.15, 0.2) is 0 Å². The molecule has 2 rings (SSSR count). The van der Waals surface area contributed by atoms with Gasteiger partial charge in [-0.3, -0.25) is 0 Å². The predicted octanol–water partition coefficient (Wildman–Crippen LogP) is 0.0154. The number of thioether (sulfide) groups is 1. The molecule has 3 nitrogen and oxygen atoms in total. The van der Waals surface area contributed by atoms with E-state index in [0.29, 0.717) is 0 Å². The number of morpholine rings is 1. The summed E-state index contributed by atoms with van der Waals surface area (Å²) in [5.74, 6) is 1.16. The number of quaternary nitrogens is 1. The molecular formula is C11H21N2OS2+. The SMILES string of the molecule is S=C(SCC[NH+]1CCOCC1)N1CCCC1. The van der Waals surface area contributed by atoms with E-state index in [2.05, 4.69) is 4.90 Å². The molecule has 2 saturated heterocycles. The fourth-order valence-corrected chi connectivity index (χ4v) is 3.55. The van der Waals surface area contributed by atoms with Crippen molar-refractivity contribution in [3.63, 3.8) is 0 Å². The Morgan fingerprint density at radius 2 is 1.94 bits per heavy atom. The van der Waals surface area contributed by atoms with E-state index < -0.39 is 0 Å². The maximum Gasteiger partial charge on any atom is 0.136 e. The lowest BCUT2D eigenvalue weighted by Gasteiger charge is -2.24. The minimum atomic E-state index is 0.927. The van der Waals surface area contributed by atoms with Gasteiger partial charge in [0.25, 0.3) is 0 Å². The maximum absolute atomic E-state index is 5.44. The van der Waals surface area contributed by atoms with Crippen LogP contribution in [0.15, 0.2) is 0 Å². The maximum atomic E-state index is 5.44. The third kappa shape index (κ3) is 3.87. The van der Waals surface area contributed by atoms with Crippen molar-refractivity contribution in [1.82, 2.24) is 4.90 Å². The molecule has 0 bridgehead atoms. The van der Waals surface area contributed by atoms with Gasteiger partial charge in [0.05, 0.1) is 19.8 Å². The van der Waals surface area contributed by atoms with Gasteiger partial charge >= 0.3 is 0 Å². The Labute approximate surface area is 107 Å². The summed E-state index contributed by atoms with van der Waals surface area (Å²) < 4.78 is 6.46. The number of likely N-dealkylation sites (tertiary alicyclic amines) is 1. The van der Waals surface area contributed by atoms with Crippen LogP contribution in [0.2, 0.25) is 0 Å². The standard InChI is InChI=1S/C11H20N2OS2/c15-11(13-3-1-2-4-13)16-10-7-12-5-8-14-9-6-12/h1-10H2/p+1. The molecule has 0 aliphatic carbocycles. The molecule has 2 heterocycles. The third-order valence-electron chi connectivity index (χ3n) is 3.25. The summed E-state index contributed by atoms with van der Waals surface area (Å²) in [6.07, 6.45) is 2.63. The number of hydrogen-bond acceptors (Lipinski definition) is 3. The minimum absolute atomic E-state index is 0.927. The van der Waals surface area contributed by atoms with E-state index in [1.807, 2.05) is 11.8 Å². The zero-order valence-electron chi connectivity index (χ0n) is 9.74. The van der Waals surface area contributed by atoms with E-state index >= 15 is 0 Å². The molecule has 0 spiro atoms. The Balaban J connectivity index is 1.57. The molecular weight excluding hydrogens is 240 g/mol. The largest absolute Gasteiger partial charge is 0.370 e. The van der Waals surface area contributed by atoms with Crippen molar-refractivity contribution in [1.29, 1.82) is 0 Å². The lowest BCUT2D eigenvalue weighted by Crippen LogP contribution is -3.14. The molecule has 0 aromatic heterocycles. The number of rotatable bonds is 3. The summed E-state index contributed by atoms with van der Waals surface area (Å²) in [5, 5.41) is 0. The van der Waals surface area contributed by atoms with Crippen molar-refractivity contribution < 1.29 is 9.64 Å². The van der Waals surface area contributed by atoms with Crippen molar-refractivity contribution in [2.24, 2.45) is 0 Å². The predicted molar refractivity (Wildman–Crippen MR) is 72.2 cm³/mol.